The van der Waals surface area contributed by atoms with Crippen LogP contribution in [0.5, 0.6) is 0 Å². The summed E-state index contributed by atoms with van der Waals surface area (Å²) in [5, 5.41) is 0. The molecule has 0 atom stereocenters. The van der Waals surface area contributed by atoms with Gasteiger partial charge in [0.25, 0.3) is 0 Å². The second-order valence-electron chi connectivity index (χ2n) is 12.0. The van der Waals surface area contributed by atoms with E-state index >= 15 is 0 Å². The van der Waals surface area contributed by atoms with Gasteiger partial charge in [-0.1, -0.05) is 103 Å². The lowest BCUT2D eigenvalue weighted by molar-refractivity contribution is 0.636. The van der Waals surface area contributed by atoms with Crippen LogP contribution in [0.25, 0.3) is 0 Å². The fourth-order valence-electron chi connectivity index (χ4n) is 5.42. The summed E-state index contributed by atoms with van der Waals surface area (Å²) in [6.07, 6.45) is 19.1. The van der Waals surface area contributed by atoms with Gasteiger partial charge >= 0.3 is 0 Å². The van der Waals surface area contributed by atoms with E-state index in [4.69, 9.17) is 9.98 Å². The van der Waals surface area contributed by atoms with Crippen LogP contribution in [0.4, 0.5) is 22.7 Å². The average molecular weight is 595 g/mol. The van der Waals surface area contributed by atoms with Gasteiger partial charge in [0.05, 0.1) is 11.4 Å². The number of rotatable bonds is 22. The highest BCUT2D eigenvalue weighted by Gasteiger charge is 2.07. The van der Waals surface area contributed by atoms with E-state index in [2.05, 4.69) is 110 Å². The molecular weight excluding hydrogens is 536 g/mol. The van der Waals surface area contributed by atoms with Gasteiger partial charge in [0.15, 0.2) is 0 Å². The van der Waals surface area contributed by atoms with E-state index in [1.165, 1.54) is 88.4 Å². The van der Waals surface area contributed by atoms with Gasteiger partial charge in [0, 0.05) is 50.0 Å². The summed E-state index contributed by atoms with van der Waals surface area (Å²) in [7, 11) is 0. The first-order chi connectivity index (χ1) is 21.7. The fraction of sp³-hybridized carbons (Fsp3) is 0.500. The predicted octanol–water partition coefficient (Wildman–Crippen LogP) is 11.6. The van der Waals surface area contributed by atoms with E-state index < -0.39 is 0 Å². The molecule has 0 saturated carbocycles. The maximum atomic E-state index is 4.74. The van der Waals surface area contributed by atoms with Crippen molar-refractivity contribution in [3.05, 3.63) is 83.9 Å². The Morgan fingerprint density at radius 1 is 0.409 bits per heavy atom. The van der Waals surface area contributed by atoms with Gasteiger partial charge < -0.3 is 9.80 Å². The summed E-state index contributed by atoms with van der Waals surface area (Å²) in [6, 6.07) is 25.9. The summed E-state index contributed by atoms with van der Waals surface area (Å²) in [5.41, 5.74) is 6.76. The standard InChI is InChI=1S/C40H58N4/c1-5-9-13-29-43(30-14-10-6-2)39-25-21-37(22-26-39)41-33-35-17-19-36(20-18-35)34-42-38-23-27-40(28-24-38)44(31-15-11-7-3)32-16-12-8-4/h17-28,33-34H,5-16,29-32H2,1-4H3. The van der Waals surface area contributed by atoms with Crippen LogP contribution in [0.2, 0.25) is 0 Å². The summed E-state index contributed by atoms with van der Waals surface area (Å²) in [5.74, 6) is 0. The Bertz CT molecular complexity index is 1080. The van der Waals surface area contributed by atoms with E-state index in [0.29, 0.717) is 0 Å². The molecule has 4 nitrogen and oxygen atoms in total. The van der Waals surface area contributed by atoms with Crippen LogP contribution in [0.3, 0.4) is 0 Å². The highest BCUT2D eigenvalue weighted by atomic mass is 15.1. The van der Waals surface area contributed by atoms with Crippen LogP contribution < -0.4 is 9.80 Å². The molecule has 0 aliphatic carbocycles. The van der Waals surface area contributed by atoms with Crippen molar-refractivity contribution in [1.29, 1.82) is 0 Å². The number of unbranched alkanes of at least 4 members (excludes halogenated alkanes) is 8. The molecular formula is C40H58N4. The molecule has 4 heteroatoms. The molecule has 3 aromatic carbocycles. The van der Waals surface area contributed by atoms with Crippen molar-refractivity contribution in [2.24, 2.45) is 9.98 Å². The second kappa shape index (κ2) is 21.3. The van der Waals surface area contributed by atoms with Crippen molar-refractivity contribution in [3.63, 3.8) is 0 Å². The van der Waals surface area contributed by atoms with Crippen LogP contribution in [-0.2, 0) is 0 Å². The minimum absolute atomic E-state index is 0.985. The van der Waals surface area contributed by atoms with Crippen LogP contribution >= 0.6 is 0 Å². The monoisotopic (exact) mass is 594 g/mol. The molecule has 0 radical (unpaired) electrons. The number of hydrogen-bond acceptors (Lipinski definition) is 4. The summed E-state index contributed by atoms with van der Waals surface area (Å²) >= 11 is 0. The molecule has 0 spiro atoms. The molecule has 0 unspecified atom stereocenters. The summed E-state index contributed by atoms with van der Waals surface area (Å²) in [6.45, 7) is 13.6. The highest BCUT2D eigenvalue weighted by molar-refractivity contribution is 5.86. The minimum atomic E-state index is 0.985. The third kappa shape index (κ3) is 13.1. The zero-order valence-corrected chi connectivity index (χ0v) is 28.2. The average Bonchev–Trinajstić information content (AvgIpc) is 3.06. The summed E-state index contributed by atoms with van der Waals surface area (Å²) in [4.78, 5) is 14.6. The zero-order chi connectivity index (χ0) is 31.2. The summed E-state index contributed by atoms with van der Waals surface area (Å²) < 4.78 is 0. The Hall–Kier alpha value is -3.40. The molecule has 0 heterocycles. The first-order valence-corrected chi connectivity index (χ1v) is 17.5. The van der Waals surface area contributed by atoms with Gasteiger partial charge in [0.1, 0.15) is 0 Å². The molecule has 3 aromatic rings. The van der Waals surface area contributed by atoms with E-state index in [-0.39, 0.29) is 0 Å². The van der Waals surface area contributed by atoms with Gasteiger partial charge in [-0.3, -0.25) is 9.98 Å². The minimum Gasteiger partial charge on any atom is -0.372 e. The van der Waals surface area contributed by atoms with Crippen molar-refractivity contribution in [3.8, 4) is 0 Å². The van der Waals surface area contributed by atoms with E-state index in [1.807, 2.05) is 12.4 Å². The van der Waals surface area contributed by atoms with Crippen molar-refractivity contribution in [1.82, 2.24) is 0 Å². The van der Waals surface area contributed by atoms with Gasteiger partial charge in [-0.25, -0.2) is 0 Å². The predicted molar refractivity (Wildman–Crippen MR) is 196 cm³/mol. The topological polar surface area (TPSA) is 31.2 Å². The van der Waals surface area contributed by atoms with Gasteiger partial charge in [-0.15, -0.1) is 0 Å². The second-order valence-corrected chi connectivity index (χ2v) is 12.0. The molecule has 44 heavy (non-hydrogen) atoms. The lowest BCUT2D eigenvalue weighted by Gasteiger charge is -2.25. The Kier molecular flexibility index (Phi) is 17.0. The number of nitrogens with zero attached hydrogens (tertiary/aromatic N) is 4. The Labute approximate surface area is 269 Å². The van der Waals surface area contributed by atoms with Gasteiger partial charge in [0.2, 0.25) is 0 Å². The SMILES string of the molecule is CCCCCN(CCCCC)c1ccc(N=Cc2ccc(C=Nc3ccc(N(CCCCC)CCCCC)cc3)cc2)cc1. The number of aliphatic imine (C=N–C) groups is 2. The number of benzene rings is 3. The molecule has 0 aliphatic heterocycles. The Balaban J connectivity index is 1.55. The van der Waals surface area contributed by atoms with Crippen molar-refractivity contribution in [2.45, 2.75) is 105 Å². The quantitative estimate of drug-likeness (QED) is 0.0856. The van der Waals surface area contributed by atoms with Gasteiger partial charge in [-0.2, -0.15) is 0 Å². The molecule has 0 amide bonds. The van der Waals surface area contributed by atoms with Crippen LogP contribution in [0.15, 0.2) is 82.8 Å². The highest BCUT2D eigenvalue weighted by Crippen LogP contribution is 2.23. The third-order valence-corrected chi connectivity index (χ3v) is 8.22. The maximum absolute atomic E-state index is 4.74. The molecule has 238 valence electrons. The smallest absolute Gasteiger partial charge is 0.0631 e. The van der Waals surface area contributed by atoms with Crippen molar-refractivity contribution < 1.29 is 0 Å². The fourth-order valence-corrected chi connectivity index (χ4v) is 5.42. The lowest BCUT2D eigenvalue weighted by atomic mass is 10.1. The molecule has 0 aromatic heterocycles. The van der Waals surface area contributed by atoms with E-state index in [1.54, 1.807) is 0 Å². The molecule has 0 bridgehead atoms. The van der Waals surface area contributed by atoms with Crippen molar-refractivity contribution >= 4 is 35.2 Å². The first kappa shape index (κ1) is 35.1. The Morgan fingerprint density at radius 3 is 0.977 bits per heavy atom. The largest absolute Gasteiger partial charge is 0.372 e. The van der Waals surface area contributed by atoms with E-state index in [9.17, 15) is 0 Å². The van der Waals surface area contributed by atoms with Crippen molar-refractivity contribution in [2.75, 3.05) is 36.0 Å². The molecule has 0 aliphatic rings. The normalized spacial score (nSPS) is 11.5. The number of hydrogen-bond donors (Lipinski definition) is 0. The van der Waals surface area contributed by atoms with Gasteiger partial charge in [-0.05, 0) is 85.3 Å². The third-order valence-electron chi connectivity index (χ3n) is 8.22. The van der Waals surface area contributed by atoms with Crippen LogP contribution in [0, 0.1) is 0 Å². The molecule has 3 rings (SSSR count). The molecule has 0 saturated heterocycles. The van der Waals surface area contributed by atoms with E-state index in [0.717, 1.165) is 48.7 Å². The maximum Gasteiger partial charge on any atom is 0.0631 e. The number of anilines is 2. The molecule has 0 N–H and O–H groups in total. The Morgan fingerprint density at radius 2 is 0.705 bits per heavy atom. The van der Waals surface area contributed by atoms with Crippen LogP contribution in [-0.4, -0.2) is 38.6 Å². The zero-order valence-electron chi connectivity index (χ0n) is 28.2. The molecule has 0 fully saturated rings. The first-order valence-electron chi connectivity index (χ1n) is 17.5. The van der Waals surface area contributed by atoms with Crippen LogP contribution in [0.1, 0.15) is 116 Å². The lowest BCUT2D eigenvalue weighted by Crippen LogP contribution is -2.25.